The van der Waals surface area contributed by atoms with Crippen molar-refractivity contribution in [1.29, 1.82) is 0 Å². The summed E-state index contributed by atoms with van der Waals surface area (Å²) in [6.45, 7) is 1.28. The standard InChI is InChI=1S/C15H14ClFN4O3S/c1-8-2-3-10(9(17)4-8)20-13(23)6-21-15(24)14(16)11(5-19-21)25-7-12(18)22/h2-5H,6-7H2,1H3,(H2,18,22)(H,20,23). The Bertz CT molecular complexity index is 888. The average Bonchev–Trinajstić information content (AvgIpc) is 2.53. The Balaban J connectivity index is 2.11. The molecule has 0 fully saturated rings. The molecule has 0 aliphatic heterocycles. The zero-order valence-corrected chi connectivity index (χ0v) is 14.7. The number of nitrogens with two attached hydrogens (primary N) is 1. The van der Waals surface area contributed by atoms with Gasteiger partial charge in [-0.1, -0.05) is 17.7 Å². The number of nitrogens with one attached hydrogen (secondary N) is 1. The number of rotatable bonds is 6. The smallest absolute Gasteiger partial charge is 0.287 e. The van der Waals surface area contributed by atoms with Gasteiger partial charge >= 0.3 is 0 Å². The topological polar surface area (TPSA) is 107 Å². The lowest BCUT2D eigenvalue weighted by atomic mass is 10.2. The van der Waals surface area contributed by atoms with Crippen molar-refractivity contribution in [3.05, 3.63) is 51.2 Å². The highest BCUT2D eigenvalue weighted by atomic mass is 35.5. The Morgan fingerprint density at radius 1 is 1.44 bits per heavy atom. The first kappa shape index (κ1) is 18.9. The van der Waals surface area contributed by atoms with Gasteiger partial charge in [0.2, 0.25) is 11.8 Å². The number of carbonyl (C=O) groups excluding carboxylic acids is 2. The maximum absolute atomic E-state index is 13.7. The SMILES string of the molecule is Cc1ccc(NC(=O)Cn2ncc(SCC(N)=O)c(Cl)c2=O)c(F)c1. The quantitative estimate of drug-likeness (QED) is 0.735. The van der Waals surface area contributed by atoms with Crippen molar-refractivity contribution in [3.63, 3.8) is 0 Å². The first-order valence-corrected chi connectivity index (χ1v) is 8.37. The van der Waals surface area contributed by atoms with E-state index in [0.717, 1.165) is 16.4 Å². The molecule has 0 spiro atoms. The van der Waals surface area contributed by atoms with Gasteiger partial charge < -0.3 is 11.1 Å². The molecule has 0 aliphatic rings. The van der Waals surface area contributed by atoms with Crippen molar-refractivity contribution >= 4 is 40.9 Å². The molecule has 3 N–H and O–H groups in total. The van der Waals surface area contributed by atoms with Crippen molar-refractivity contribution in [2.45, 2.75) is 18.4 Å². The third-order valence-electron chi connectivity index (χ3n) is 3.01. The van der Waals surface area contributed by atoms with E-state index in [4.69, 9.17) is 17.3 Å². The Labute approximate surface area is 151 Å². The number of halogens is 2. The van der Waals surface area contributed by atoms with Crippen molar-refractivity contribution in [1.82, 2.24) is 9.78 Å². The largest absolute Gasteiger partial charge is 0.369 e. The second-order valence-corrected chi connectivity index (χ2v) is 6.47. The van der Waals surface area contributed by atoms with Crippen LogP contribution in [0.25, 0.3) is 0 Å². The lowest BCUT2D eigenvalue weighted by Gasteiger charge is -2.09. The number of amides is 2. The van der Waals surface area contributed by atoms with Crippen molar-refractivity contribution in [3.8, 4) is 0 Å². The number of primary amides is 1. The van der Waals surface area contributed by atoms with Crippen LogP contribution in [0.3, 0.4) is 0 Å². The molecule has 1 aromatic carbocycles. The lowest BCUT2D eigenvalue weighted by Crippen LogP contribution is -2.30. The van der Waals surface area contributed by atoms with E-state index in [1.807, 2.05) is 0 Å². The van der Waals surface area contributed by atoms with Crippen LogP contribution in [0.1, 0.15) is 5.56 Å². The molecule has 0 atom stereocenters. The number of nitrogens with zero attached hydrogens (tertiary/aromatic N) is 2. The van der Waals surface area contributed by atoms with Crippen molar-refractivity contribution in [2.75, 3.05) is 11.1 Å². The fraction of sp³-hybridized carbons (Fsp3) is 0.200. The van der Waals surface area contributed by atoms with E-state index < -0.39 is 29.7 Å². The molecule has 1 heterocycles. The Morgan fingerprint density at radius 2 is 2.16 bits per heavy atom. The van der Waals surface area contributed by atoms with E-state index in [1.54, 1.807) is 13.0 Å². The van der Waals surface area contributed by atoms with E-state index in [0.29, 0.717) is 5.56 Å². The molecular weight excluding hydrogens is 371 g/mol. The van der Waals surface area contributed by atoms with Crippen molar-refractivity contribution < 1.29 is 14.0 Å². The molecule has 2 aromatic rings. The molecule has 2 amide bonds. The molecule has 0 saturated heterocycles. The van der Waals surface area contributed by atoms with Crippen LogP contribution in [0.2, 0.25) is 5.02 Å². The number of thioether (sulfide) groups is 1. The maximum atomic E-state index is 13.7. The van der Waals surface area contributed by atoms with Gasteiger partial charge in [0.1, 0.15) is 17.4 Å². The molecule has 132 valence electrons. The third-order valence-corrected chi connectivity index (χ3v) is 4.54. The lowest BCUT2D eigenvalue weighted by molar-refractivity contribution is -0.117. The number of carbonyl (C=O) groups is 2. The molecule has 2 rings (SSSR count). The van der Waals surface area contributed by atoms with Crippen LogP contribution >= 0.6 is 23.4 Å². The summed E-state index contributed by atoms with van der Waals surface area (Å²) in [6.07, 6.45) is 1.26. The number of benzene rings is 1. The van der Waals surface area contributed by atoms with Gasteiger partial charge in [-0.25, -0.2) is 9.07 Å². The zero-order valence-electron chi connectivity index (χ0n) is 13.1. The average molecular weight is 385 g/mol. The van der Waals surface area contributed by atoms with Gasteiger partial charge in [-0.2, -0.15) is 5.10 Å². The number of anilines is 1. The number of aromatic nitrogens is 2. The fourth-order valence-electron chi connectivity index (χ4n) is 1.86. The predicted molar refractivity (Wildman–Crippen MR) is 93.2 cm³/mol. The normalized spacial score (nSPS) is 10.5. The highest BCUT2D eigenvalue weighted by Gasteiger charge is 2.14. The van der Waals surface area contributed by atoms with E-state index in [-0.39, 0.29) is 21.4 Å². The minimum atomic E-state index is -0.698. The number of hydrogen-bond acceptors (Lipinski definition) is 5. The van der Waals surface area contributed by atoms with Crippen LogP contribution in [0.5, 0.6) is 0 Å². The highest BCUT2D eigenvalue weighted by Crippen LogP contribution is 2.22. The van der Waals surface area contributed by atoms with E-state index in [1.165, 1.54) is 18.3 Å². The maximum Gasteiger partial charge on any atom is 0.287 e. The third kappa shape index (κ3) is 5.04. The molecule has 7 nitrogen and oxygen atoms in total. The Hall–Kier alpha value is -2.39. The van der Waals surface area contributed by atoms with Gasteiger partial charge in [0.15, 0.2) is 0 Å². The summed E-state index contributed by atoms with van der Waals surface area (Å²) in [5.74, 6) is -1.83. The summed E-state index contributed by atoms with van der Waals surface area (Å²) in [7, 11) is 0. The van der Waals surface area contributed by atoms with Crippen LogP contribution < -0.4 is 16.6 Å². The number of aryl methyl sites for hydroxylation is 1. The van der Waals surface area contributed by atoms with Gasteiger partial charge in [-0.05, 0) is 24.6 Å². The van der Waals surface area contributed by atoms with Crippen LogP contribution in [0.4, 0.5) is 10.1 Å². The van der Waals surface area contributed by atoms with Gasteiger partial charge in [0, 0.05) is 0 Å². The molecule has 0 saturated carbocycles. The molecule has 0 unspecified atom stereocenters. The second kappa shape index (κ2) is 8.13. The first-order chi connectivity index (χ1) is 11.8. The second-order valence-electron chi connectivity index (χ2n) is 5.07. The van der Waals surface area contributed by atoms with Gasteiger partial charge in [0.05, 0.1) is 22.5 Å². The molecule has 10 heteroatoms. The van der Waals surface area contributed by atoms with E-state index in [2.05, 4.69) is 10.4 Å². The van der Waals surface area contributed by atoms with E-state index >= 15 is 0 Å². The first-order valence-electron chi connectivity index (χ1n) is 7.00. The Kier molecular flexibility index (Phi) is 6.16. The van der Waals surface area contributed by atoms with E-state index in [9.17, 15) is 18.8 Å². The molecule has 25 heavy (non-hydrogen) atoms. The fourth-order valence-corrected chi connectivity index (χ4v) is 2.80. The summed E-state index contributed by atoms with van der Waals surface area (Å²) >= 11 is 6.90. The summed E-state index contributed by atoms with van der Waals surface area (Å²) in [4.78, 5) is 35.2. The molecule has 1 aromatic heterocycles. The van der Waals surface area contributed by atoms with Crippen LogP contribution in [-0.2, 0) is 16.1 Å². The van der Waals surface area contributed by atoms with Crippen molar-refractivity contribution in [2.24, 2.45) is 5.73 Å². The minimum Gasteiger partial charge on any atom is -0.369 e. The summed E-state index contributed by atoms with van der Waals surface area (Å²) in [5.41, 5.74) is 5.05. The van der Waals surface area contributed by atoms with Gasteiger partial charge in [-0.15, -0.1) is 11.8 Å². The zero-order chi connectivity index (χ0) is 18.6. The summed E-state index contributed by atoms with van der Waals surface area (Å²) in [5, 5.41) is 6.02. The van der Waals surface area contributed by atoms with Gasteiger partial charge in [-0.3, -0.25) is 14.4 Å². The summed E-state index contributed by atoms with van der Waals surface area (Å²) in [6, 6.07) is 4.35. The minimum absolute atomic E-state index is 0.00313. The Morgan fingerprint density at radius 3 is 2.80 bits per heavy atom. The number of hydrogen-bond donors (Lipinski definition) is 2. The predicted octanol–water partition coefficient (Wildman–Crippen LogP) is 1.56. The molecule has 0 bridgehead atoms. The van der Waals surface area contributed by atoms with Crippen LogP contribution in [-0.4, -0.2) is 27.3 Å². The monoisotopic (exact) mass is 384 g/mol. The van der Waals surface area contributed by atoms with Gasteiger partial charge in [0.25, 0.3) is 5.56 Å². The van der Waals surface area contributed by atoms with Crippen LogP contribution in [0, 0.1) is 12.7 Å². The molecule has 0 radical (unpaired) electrons. The summed E-state index contributed by atoms with van der Waals surface area (Å²) < 4.78 is 14.6. The van der Waals surface area contributed by atoms with Crippen LogP contribution in [0.15, 0.2) is 34.1 Å². The molecule has 0 aliphatic carbocycles. The highest BCUT2D eigenvalue weighted by molar-refractivity contribution is 8.00. The molecular formula is C15H14ClFN4O3S.